The summed E-state index contributed by atoms with van der Waals surface area (Å²) in [7, 11) is 0.349. The van der Waals surface area contributed by atoms with Gasteiger partial charge in [-0.3, -0.25) is 0 Å². The molecular formula is C22H28OSi. The highest BCUT2D eigenvalue weighted by atomic mass is 28.3. The van der Waals surface area contributed by atoms with Crippen LogP contribution in [0.25, 0.3) is 6.08 Å². The molecule has 126 valence electrons. The quantitative estimate of drug-likeness (QED) is 0.619. The van der Waals surface area contributed by atoms with Gasteiger partial charge in [0, 0.05) is 16.5 Å². The van der Waals surface area contributed by atoms with Gasteiger partial charge >= 0.3 is 0 Å². The summed E-state index contributed by atoms with van der Waals surface area (Å²) in [4.78, 5) is 0. The van der Waals surface area contributed by atoms with Crippen LogP contribution >= 0.6 is 0 Å². The average molecular weight is 337 g/mol. The van der Waals surface area contributed by atoms with Crippen LogP contribution in [-0.2, 0) is 5.41 Å². The Morgan fingerprint density at radius 2 is 1.54 bits per heavy atom. The molecule has 1 aliphatic carbocycles. The van der Waals surface area contributed by atoms with Crippen LogP contribution < -0.4 is 4.74 Å². The molecule has 0 bridgehead atoms. The van der Waals surface area contributed by atoms with E-state index in [0.29, 0.717) is 5.54 Å². The molecular weight excluding hydrogens is 308 g/mol. The number of ether oxygens (including phenoxy) is 1. The summed E-state index contributed by atoms with van der Waals surface area (Å²) < 4.78 is 5.67. The minimum absolute atomic E-state index is 0.0590. The Labute approximate surface area is 147 Å². The molecule has 2 heteroatoms. The lowest BCUT2D eigenvalue weighted by atomic mass is 9.76. The molecule has 0 aliphatic heterocycles. The lowest BCUT2D eigenvalue weighted by Gasteiger charge is -2.38. The van der Waals surface area contributed by atoms with E-state index in [1.165, 1.54) is 22.3 Å². The van der Waals surface area contributed by atoms with Crippen molar-refractivity contribution < 1.29 is 4.74 Å². The minimum atomic E-state index is -1.42. The zero-order chi connectivity index (χ0) is 17.5. The third-order valence-electron chi connectivity index (χ3n) is 5.30. The first-order chi connectivity index (χ1) is 11.3. The van der Waals surface area contributed by atoms with Crippen molar-refractivity contribution >= 4 is 14.1 Å². The molecule has 0 aromatic heterocycles. The molecule has 0 amide bonds. The van der Waals surface area contributed by atoms with Crippen LogP contribution in [0.4, 0.5) is 0 Å². The first-order valence-corrected chi connectivity index (χ1v) is 12.3. The first-order valence-electron chi connectivity index (χ1n) is 8.71. The Kier molecular flexibility index (Phi) is 4.21. The molecule has 0 N–H and O–H groups in total. The molecule has 0 saturated heterocycles. The second-order valence-corrected chi connectivity index (χ2v) is 13.7. The number of methoxy groups -OCH3 is 1. The van der Waals surface area contributed by atoms with Gasteiger partial charge in [-0.15, -0.1) is 0 Å². The Morgan fingerprint density at radius 1 is 0.917 bits per heavy atom. The number of allylic oxidation sites excluding steroid dienone is 1. The SMILES string of the molecule is COc1ccccc1C(C)(C)C1=Cc2ccccc2C1[Si](C)(C)C. The fourth-order valence-electron chi connectivity index (χ4n) is 4.11. The fourth-order valence-corrected chi connectivity index (χ4v) is 6.69. The summed E-state index contributed by atoms with van der Waals surface area (Å²) in [6, 6.07) is 17.4. The third kappa shape index (κ3) is 2.73. The predicted octanol–water partition coefficient (Wildman–Crippen LogP) is 6.03. The van der Waals surface area contributed by atoms with E-state index in [9.17, 15) is 0 Å². The van der Waals surface area contributed by atoms with E-state index in [-0.39, 0.29) is 5.41 Å². The maximum Gasteiger partial charge on any atom is 0.122 e. The molecule has 0 fully saturated rings. The fraction of sp³-hybridized carbons (Fsp3) is 0.364. The van der Waals surface area contributed by atoms with Crippen LogP contribution in [0.15, 0.2) is 54.1 Å². The van der Waals surface area contributed by atoms with Crippen LogP contribution in [-0.4, -0.2) is 15.2 Å². The van der Waals surface area contributed by atoms with E-state index in [0.717, 1.165) is 5.75 Å². The summed E-state index contributed by atoms with van der Waals surface area (Å²) in [6.45, 7) is 12.1. The van der Waals surface area contributed by atoms with E-state index in [2.05, 4.69) is 82.0 Å². The maximum absolute atomic E-state index is 5.67. The van der Waals surface area contributed by atoms with Gasteiger partial charge in [-0.25, -0.2) is 0 Å². The molecule has 1 nitrogen and oxygen atoms in total. The van der Waals surface area contributed by atoms with Crippen molar-refractivity contribution in [2.75, 3.05) is 7.11 Å². The Bertz CT molecular complexity index is 781. The second-order valence-electron chi connectivity index (χ2n) is 8.35. The van der Waals surface area contributed by atoms with E-state index >= 15 is 0 Å². The molecule has 0 radical (unpaired) electrons. The predicted molar refractivity (Wildman–Crippen MR) is 107 cm³/mol. The Morgan fingerprint density at radius 3 is 2.21 bits per heavy atom. The highest BCUT2D eigenvalue weighted by molar-refractivity contribution is 6.78. The number of rotatable bonds is 4. The van der Waals surface area contributed by atoms with E-state index in [4.69, 9.17) is 4.74 Å². The molecule has 1 atom stereocenters. The molecule has 0 heterocycles. The maximum atomic E-state index is 5.67. The monoisotopic (exact) mass is 336 g/mol. The summed E-state index contributed by atoms with van der Waals surface area (Å²) in [5.74, 6) is 0.980. The lowest BCUT2D eigenvalue weighted by molar-refractivity contribution is 0.399. The lowest BCUT2D eigenvalue weighted by Crippen LogP contribution is -2.36. The molecule has 1 aliphatic rings. The van der Waals surface area contributed by atoms with E-state index in [1.54, 1.807) is 7.11 Å². The smallest absolute Gasteiger partial charge is 0.122 e. The van der Waals surface area contributed by atoms with Gasteiger partial charge in [0.05, 0.1) is 15.2 Å². The van der Waals surface area contributed by atoms with Gasteiger partial charge in [-0.1, -0.05) is 87.6 Å². The molecule has 2 aromatic carbocycles. The second kappa shape index (κ2) is 5.93. The Hall–Kier alpha value is -1.80. The highest BCUT2D eigenvalue weighted by Crippen LogP contribution is 2.51. The third-order valence-corrected chi connectivity index (χ3v) is 7.65. The van der Waals surface area contributed by atoms with Crippen LogP contribution in [0, 0.1) is 0 Å². The summed E-state index contributed by atoms with van der Waals surface area (Å²) in [6.07, 6.45) is 2.44. The van der Waals surface area contributed by atoms with E-state index in [1.807, 2.05) is 6.07 Å². The van der Waals surface area contributed by atoms with Crippen molar-refractivity contribution in [3.63, 3.8) is 0 Å². The summed E-state index contributed by atoms with van der Waals surface area (Å²) in [5.41, 5.74) is 6.20. The van der Waals surface area contributed by atoms with Crippen molar-refractivity contribution in [2.45, 2.75) is 44.4 Å². The Balaban J connectivity index is 2.17. The standard InChI is InChI=1S/C22H28OSi/c1-22(2,18-13-9-10-14-20(18)23-3)19-15-16-11-7-8-12-17(16)21(19)24(4,5)6/h7-15,21H,1-6H3. The molecule has 1 unspecified atom stereocenters. The highest BCUT2D eigenvalue weighted by Gasteiger charge is 2.43. The number of benzene rings is 2. The average Bonchev–Trinajstić information content (AvgIpc) is 2.95. The molecule has 3 rings (SSSR count). The largest absolute Gasteiger partial charge is 0.496 e. The molecule has 2 aromatic rings. The minimum Gasteiger partial charge on any atom is -0.496 e. The van der Waals surface area contributed by atoms with Crippen LogP contribution in [0.1, 0.15) is 36.1 Å². The van der Waals surface area contributed by atoms with Gasteiger partial charge in [0.2, 0.25) is 0 Å². The summed E-state index contributed by atoms with van der Waals surface area (Å²) in [5, 5.41) is 0. The topological polar surface area (TPSA) is 9.23 Å². The van der Waals surface area contributed by atoms with Gasteiger partial charge in [0.15, 0.2) is 0 Å². The van der Waals surface area contributed by atoms with E-state index < -0.39 is 8.07 Å². The molecule has 24 heavy (non-hydrogen) atoms. The zero-order valence-electron chi connectivity index (χ0n) is 15.7. The van der Waals surface area contributed by atoms with Crippen LogP contribution in [0.5, 0.6) is 5.75 Å². The van der Waals surface area contributed by atoms with Gasteiger partial charge in [0.1, 0.15) is 5.75 Å². The molecule has 0 saturated carbocycles. The normalized spacial score (nSPS) is 17.4. The van der Waals surface area contributed by atoms with Gasteiger partial charge in [-0.2, -0.15) is 0 Å². The van der Waals surface area contributed by atoms with Gasteiger partial charge in [0.25, 0.3) is 0 Å². The van der Waals surface area contributed by atoms with Crippen molar-refractivity contribution in [3.8, 4) is 5.75 Å². The number of para-hydroxylation sites is 1. The van der Waals surface area contributed by atoms with Crippen molar-refractivity contribution in [1.82, 2.24) is 0 Å². The number of fused-ring (bicyclic) bond motifs is 1. The van der Waals surface area contributed by atoms with Crippen molar-refractivity contribution in [3.05, 3.63) is 70.8 Å². The molecule has 0 spiro atoms. The zero-order valence-corrected chi connectivity index (χ0v) is 16.7. The van der Waals surface area contributed by atoms with Crippen molar-refractivity contribution in [2.24, 2.45) is 0 Å². The summed E-state index contributed by atoms with van der Waals surface area (Å²) >= 11 is 0. The van der Waals surface area contributed by atoms with Crippen LogP contribution in [0.2, 0.25) is 19.6 Å². The number of hydrogen-bond acceptors (Lipinski definition) is 1. The number of hydrogen-bond donors (Lipinski definition) is 0. The van der Waals surface area contributed by atoms with Crippen molar-refractivity contribution in [1.29, 1.82) is 0 Å². The first kappa shape index (κ1) is 17.0. The van der Waals surface area contributed by atoms with Crippen LogP contribution in [0.3, 0.4) is 0 Å². The van der Waals surface area contributed by atoms with Gasteiger partial charge < -0.3 is 4.74 Å². The van der Waals surface area contributed by atoms with Gasteiger partial charge in [-0.05, 0) is 17.2 Å².